The normalized spacial score (nSPS) is 18.9. The molecule has 8 heteroatoms. The fourth-order valence-corrected chi connectivity index (χ4v) is 4.85. The maximum Gasteiger partial charge on any atom is 0.350 e. The summed E-state index contributed by atoms with van der Waals surface area (Å²) in [6.45, 7) is 12.0. The Balaban J connectivity index is 1.83. The Morgan fingerprint density at radius 2 is 2.03 bits per heavy atom. The van der Waals surface area contributed by atoms with Gasteiger partial charge in [-0.15, -0.1) is 11.3 Å². The summed E-state index contributed by atoms with van der Waals surface area (Å²) in [6.07, 6.45) is 0.722. The van der Waals surface area contributed by atoms with Crippen molar-refractivity contribution in [2.24, 2.45) is 5.92 Å². The smallest absolute Gasteiger partial charge is 0.350 e. The lowest BCUT2D eigenvalue weighted by Gasteiger charge is -2.36. The first-order valence-electron chi connectivity index (χ1n) is 10.1. The first-order chi connectivity index (χ1) is 13.8. The third kappa shape index (κ3) is 3.93. The monoisotopic (exact) mass is 419 g/mol. The molecule has 0 atom stereocenters. The van der Waals surface area contributed by atoms with E-state index in [1.165, 1.54) is 11.3 Å². The Labute approximate surface area is 175 Å². The molecule has 4 heterocycles. The molecule has 2 aromatic rings. The highest BCUT2D eigenvalue weighted by Gasteiger charge is 2.34. The molecule has 2 aliphatic heterocycles. The molecule has 0 aliphatic carbocycles. The van der Waals surface area contributed by atoms with Gasteiger partial charge in [0.2, 0.25) is 0 Å². The fourth-order valence-electron chi connectivity index (χ4n) is 3.84. The summed E-state index contributed by atoms with van der Waals surface area (Å²) in [5, 5.41) is 0.884. The van der Waals surface area contributed by atoms with Gasteiger partial charge in [0.25, 0.3) is 0 Å². The lowest BCUT2D eigenvalue weighted by atomic mass is 9.89. The average molecular weight is 420 g/mol. The predicted molar refractivity (Wildman–Crippen MR) is 115 cm³/mol. The van der Waals surface area contributed by atoms with E-state index in [0.717, 1.165) is 46.7 Å². The van der Waals surface area contributed by atoms with Gasteiger partial charge in [0.15, 0.2) is 0 Å². The number of nitrogen functional groups attached to an aromatic ring is 1. The molecule has 4 rings (SSSR count). The molecule has 2 N–H and O–H groups in total. The summed E-state index contributed by atoms with van der Waals surface area (Å²) in [5.41, 5.74) is 8.88. The van der Waals surface area contributed by atoms with Gasteiger partial charge in [-0.3, -0.25) is 0 Å². The van der Waals surface area contributed by atoms with Gasteiger partial charge >= 0.3 is 5.97 Å². The highest BCUT2D eigenvalue weighted by atomic mass is 32.1. The van der Waals surface area contributed by atoms with Crippen molar-refractivity contribution < 1.29 is 19.0 Å². The SMILES string of the molecule is CC(C)COC(=O)c1sc2nc(N3CCOCC3)c3c(c2c1N)CC(C)(C)OC3. The number of ether oxygens (including phenoxy) is 3. The molecule has 1 fully saturated rings. The van der Waals surface area contributed by atoms with Crippen LogP contribution in [-0.4, -0.2) is 49.5 Å². The number of nitrogens with two attached hydrogens (primary N) is 1. The van der Waals surface area contributed by atoms with Crippen molar-refractivity contribution in [2.75, 3.05) is 43.5 Å². The molecule has 0 amide bonds. The molecule has 2 aliphatic rings. The van der Waals surface area contributed by atoms with Crippen LogP contribution in [0.5, 0.6) is 0 Å². The topological polar surface area (TPSA) is 86.9 Å². The molecule has 7 nitrogen and oxygen atoms in total. The predicted octanol–water partition coefficient (Wildman–Crippen LogP) is 3.38. The number of thiophene rings is 1. The van der Waals surface area contributed by atoms with Gasteiger partial charge in [-0.25, -0.2) is 9.78 Å². The van der Waals surface area contributed by atoms with E-state index < -0.39 is 0 Å². The third-order valence-electron chi connectivity index (χ3n) is 5.32. The van der Waals surface area contributed by atoms with Gasteiger partial charge in [-0.1, -0.05) is 13.8 Å². The van der Waals surface area contributed by atoms with E-state index in [2.05, 4.69) is 18.7 Å². The zero-order chi connectivity index (χ0) is 20.8. The molecule has 0 unspecified atom stereocenters. The van der Waals surface area contributed by atoms with Crippen molar-refractivity contribution in [1.29, 1.82) is 0 Å². The van der Waals surface area contributed by atoms with Gasteiger partial charge in [-0.05, 0) is 25.3 Å². The van der Waals surface area contributed by atoms with Gasteiger partial charge in [0.05, 0.1) is 37.7 Å². The van der Waals surface area contributed by atoms with Crippen LogP contribution in [0.3, 0.4) is 0 Å². The van der Waals surface area contributed by atoms with E-state index in [1.54, 1.807) is 0 Å². The van der Waals surface area contributed by atoms with E-state index in [4.69, 9.17) is 24.9 Å². The number of hydrogen-bond donors (Lipinski definition) is 1. The molecule has 0 spiro atoms. The molecule has 0 saturated carbocycles. The molecule has 158 valence electrons. The molecule has 2 aromatic heterocycles. The van der Waals surface area contributed by atoms with Gasteiger partial charge in [0, 0.05) is 30.5 Å². The second kappa shape index (κ2) is 7.74. The van der Waals surface area contributed by atoms with E-state index in [9.17, 15) is 4.79 Å². The minimum Gasteiger partial charge on any atom is -0.461 e. The van der Waals surface area contributed by atoms with Crippen LogP contribution in [0.1, 0.15) is 48.5 Å². The lowest BCUT2D eigenvalue weighted by molar-refractivity contribution is -0.0396. The minimum atomic E-state index is -0.368. The molecule has 0 aromatic carbocycles. The van der Waals surface area contributed by atoms with E-state index in [0.29, 0.717) is 37.0 Å². The number of carbonyl (C=O) groups is 1. The van der Waals surface area contributed by atoms with Crippen LogP contribution in [0.2, 0.25) is 0 Å². The first kappa shape index (κ1) is 20.4. The molecular formula is C21H29N3O4S. The van der Waals surface area contributed by atoms with Gasteiger partial charge < -0.3 is 24.8 Å². The van der Waals surface area contributed by atoms with Crippen molar-refractivity contribution in [3.05, 3.63) is 16.0 Å². The summed E-state index contributed by atoms with van der Waals surface area (Å²) >= 11 is 1.33. The summed E-state index contributed by atoms with van der Waals surface area (Å²) in [5.74, 6) is 0.827. The Morgan fingerprint density at radius 1 is 1.31 bits per heavy atom. The summed E-state index contributed by atoms with van der Waals surface area (Å²) in [7, 11) is 0. The summed E-state index contributed by atoms with van der Waals surface area (Å²) in [6, 6.07) is 0. The average Bonchev–Trinajstić information content (AvgIpc) is 3.02. The molecular weight excluding hydrogens is 390 g/mol. The van der Waals surface area contributed by atoms with Crippen LogP contribution in [0.25, 0.3) is 10.2 Å². The molecule has 1 saturated heterocycles. The first-order valence-corrected chi connectivity index (χ1v) is 11.0. The van der Waals surface area contributed by atoms with Gasteiger partial charge in [-0.2, -0.15) is 0 Å². The zero-order valence-corrected chi connectivity index (χ0v) is 18.4. The molecule has 0 bridgehead atoms. The standard InChI is InChI=1S/C21H29N3O4S/c1-12(2)10-27-20(25)17-16(22)15-13-9-21(3,4)28-11-14(13)18(23-19(15)29-17)24-5-7-26-8-6-24/h12H,5-11,22H2,1-4H3. The van der Waals surface area contributed by atoms with Crippen LogP contribution in [0.4, 0.5) is 11.5 Å². The second-order valence-corrected chi connectivity index (χ2v) is 9.73. The fraction of sp³-hybridized carbons (Fsp3) is 0.619. The minimum absolute atomic E-state index is 0.270. The van der Waals surface area contributed by atoms with Crippen molar-refractivity contribution in [2.45, 2.75) is 46.3 Å². The summed E-state index contributed by atoms with van der Waals surface area (Å²) in [4.78, 5) is 21.1. The Morgan fingerprint density at radius 3 is 2.72 bits per heavy atom. The quantitative estimate of drug-likeness (QED) is 0.760. The van der Waals surface area contributed by atoms with Crippen molar-refractivity contribution in [1.82, 2.24) is 4.98 Å². The molecule has 0 radical (unpaired) electrons. The van der Waals surface area contributed by atoms with Crippen molar-refractivity contribution in [3.8, 4) is 0 Å². The Bertz CT molecular complexity index is 932. The zero-order valence-electron chi connectivity index (χ0n) is 17.5. The molecule has 29 heavy (non-hydrogen) atoms. The maximum absolute atomic E-state index is 12.7. The number of pyridine rings is 1. The summed E-state index contributed by atoms with van der Waals surface area (Å²) < 4.78 is 17.1. The second-order valence-electron chi connectivity index (χ2n) is 8.73. The number of esters is 1. The van der Waals surface area contributed by atoms with Crippen LogP contribution < -0.4 is 10.6 Å². The highest BCUT2D eigenvalue weighted by Crippen LogP contribution is 2.43. The number of nitrogens with zero attached hydrogens (tertiary/aromatic N) is 2. The Kier molecular flexibility index (Phi) is 5.44. The van der Waals surface area contributed by atoms with Crippen LogP contribution in [-0.2, 0) is 27.2 Å². The number of rotatable bonds is 4. The Hall–Kier alpha value is -1.90. The largest absolute Gasteiger partial charge is 0.461 e. The number of carbonyl (C=O) groups excluding carboxylic acids is 1. The number of fused-ring (bicyclic) bond motifs is 3. The van der Waals surface area contributed by atoms with Gasteiger partial charge in [0.1, 0.15) is 15.5 Å². The number of aromatic nitrogens is 1. The number of anilines is 2. The maximum atomic E-state index is 12.7. The highest BCUT2D eigenvalue weighted by molar-refractivity contribution is 7.21. The number of morpholine rings is 1. The number of hydrogen-bond acceptors (Lipinski definition) is 8. The van der Waals surface area contributed by atoms with Crippen LogP contribution in [0, 0.1) is 5.92 Å². The van der Waals surface area contributed by atoms with Crippen molar-refractivity contribution >= 4 is 39.0 Å². The van der Waals surface area contributed by atoms with E-state index in [1.807, 2.05) is 13.8 Å². The van der Waals surface area contributed by atoms with Crippen LogP contribution in [0.15, 0.2) is 0 Å². The van der Waals surface area contributed by atoms with Crippen molar-refractivity contribution in [3.63, 3.8) is 0 Å². The van der Waals surface area contributed by atoms with Crippen LogP contribution >= 0.6 is 11.3 Å². The van der Waals surface area contributed by atoms with E-state index in [-0.39, 0.29) is 17.5 Å². The van der Waals surface area contributed by atoms with E-state index >= 15 is 0 Å². The third-order valence-corrected chi connectivity index (χ3v) is 6.40. The lowest BCUT2D eigenvalue weighted by Crippen LogP contribution is -2.39.